The highest BCUT2D eigenvalue weighted by Crippen LogP contribution is 2.09. The Labute approximate surface area is 117 Å². The number of unbranched alkanes of at least 4 members (excludes halogenated alkanes) is 1. The largest absolute Gasteiger partial charge is 0.480 e. The number of rotatable bonds is 8. The summed E-state index contributed by atoms with van der Waals surface area (Å²) >= 11 is 0. The summed E-state index contributed by atoms with van der Waals surface area (Å²) in [5.74, 6) is -2.18. The minimum Gasteiger partial charge on any atom is -0.480 e. The van der Waals surface area contributed by atoms with E-state index in [1.165, 1.54) is 18.2 Å². The highest BCUT2D eigenvalue weighted by Gasteiger charge is 2.23. The molecule has 7 heteroatoms. The van der Waals surface area contributed by atoms with E-state index in [0.29, 0.717) is 6.42 Å². The van der Waals surface area contributed by atoms with Crippen molar-refractivity contribution in [2.75, 3.05) is 0 Å². The molecule has 112 valence electrons. The van der Waals surface area contributed by atoms with Crippen molar-refractivity contribution in [3.63, 3.8) is 0 Å². The molecule has 0 aromatic heterocycles. The van der Waals surface area contributed by atoms with Gasteiger partial charge in [-0.2, -0.15) is 0 Å². The standard InChI is InChI=1S/C13H18FNO4S/c1-2-3-7-12(13(16)17)15-20(18,19)9-10-5-4-6-11(14)8-10/h4-6,8,12,15H,2-3,7,9H2,1H3,(H,16,17)/t12-/m0/s1. The van der Waals surface area contributed by atoms with Gasteiger partial charge in [-0.3, -0.25) is 4.79 Å². The van der Waals surface area contributed by atoms with Crippen molar-refractivity contribution in [2.45, 2.75) is 38.0 Å². The normalized spacial score (nSPS) is 13.1. The molecule has 0 fully saturated rings. The third-order valence-electron chi connectivity index (χ3n) is 2.71. The van der Waals surface area contributed by atoms with Crippen LogP contribution in [0, 0.1) is 5.82 Å². The predicted molar refractivity (Wildman–Crippen MR) is 73.1 cm³/mol. The van der Waals surface area contributed by atoms with Crippen LogP contribution in [-0.2, 0) is 20.6 Å². The maximum absolute atomic E-state index is 13.0. The van der Waals surface area contributed by atoms with E-state index in [9.17, 15) is 17.6 Å². The minimum atomic E-state index is -3.82. The molecule has 1 aromatic rings. The van der Waals surface area contributed by atoms with Crippen LogP contribution in [-0.4, -0.2) is 25.5 Å². The lowest BCUT2D eigenvalue weighted by molar-refractivity contribution is -0.139. The highest BCUT2D eigenvalue weighted by molar-refractivity contribution is 7.88. The fourth-order valence-electron chi connectivity index (χ4n) is 1.75. The van der Waals surface area contributed by atoms with Crippen LogP contribution in [0.2, 0.25) is 0 Å². The van der Waals surface area contributed by atoms with Crippen LogP contribution in [0.4, 0.5) is 4.39 Å². The second-order valence-corrected chi connectivity index (χ2v) is 6.29. The third-order valence-corrected chi connectivity index (χ3v) is 4.07. The van der Waals surface area contributed by atoms with E-state index in [1.54, 1.807) is 0 Å². The fraction of sp³-hybridized carbons (Fsp3) is 0.462. The monoisotopic (exact) mass is 303 g/mol. The average molecular weight is 303 g/mol. The Hall–Kier alpha value is -1.47. The number of nitrogens with one attached hydrogen (secondary N) is 1. The van der Waals surface area contributed by atoms with Crippen molar-refractivity contribution in [3.8, 4) is 0 Å². The maximum atomic E-state index is 13.0. The lowest BCUT2D eigenvalue weighted by Crippen LogP contribution is -2.41. The molecule has 5 nitrogen and oxygen atoms in total. The van der Waals surface area contributed by atoms with E-state index in [0.717, 1.165) is 12.5 Å². The van der Waals surface area contributed by atoms with Gasteiger partial charge < -0.3 is 5.11 Å². The molecule has 1 aromatic carbocycles. The van der Waals surface area contributed by atoms with E-state index >= 15 is 0 Å². The Bertz CT molecular complexity index is 559. The number of carboxylic acid groups (broad SMARTS) is 1. The molecule has 0 saturated heterocycles. The molecule has 0 aliphatic rings. The molecule has 0 saturated carbocycles. The van der Waals surface area contributed by atoms with E-state index in [4.69, 9.17) is 5.11 Å². The lowest BCUT2D eigenvalue weighted by atomic mass is 10.1. The van der Waals surface area contributed by atoms with E-state index in [1.807, 2.05) is 6.92 Å². The van der Waals surface area contributed by atoms with Crippen LogP contribution < -0.4 is 4.72 Å². The number of hydrogen-bond acceptors (Lipinski definition) is 3. The highest BCUT2D eigenvalue weighted by atomic mass is 32.2. The summed E-state index contributed by atoms with van der Waals surface area (Å²) < 4.78 is 38.9. The first-order valence-electron chi connectivity index (χ1n) is 6.31. The molecule has 0 aliphatic carbocycles. The first-order chi connectivity index (χ1) is 9.34. The van der Waals surface area contributed by atoms with Gasteiger partial charge in [-0.05, 0) is 24.1 Å². The number of aliphatic carboxylic acids is 1. The lowest BCUT2D eigenvalue weighted by Gasteiger charge is -2.14. The van der Waals surface area contributed by atoms with Gasteiger partial charge in [0, 0.05) is 0 Å². The Balaban J connectivity index is 2.75. The summed E-state index contributed by atoms with van der Waals surface area (Å²) in [7, 11) is -3.82. The molecule has 20 heavy (non-hydrogen) atoms. The van der Waals surface area contributed by atoms with E-state index in [-0.39, 0.29) is 12.0 Å². The van der Waals surface area contributed by atoms with Gasteiger partial charge >= 0.3 is 5.97 Å². The minimum absolute atomic E-state index is 0.230. The van der Waals surface area contributed by atoms with Crippen molar-refractivity contribution in [3.05, 3.63) is 35.6 Å². The molecule has 0 amide bonds. The second kappa shape index (κ2) is 7.35. The molecular weight excluding hydrogens is 285 g/mol. The van der Waals surface area contributed by atoms with Gasteiger partial charge in [-0.25, -0.2) is 17.5 Å². The van der Waals surface area contributed by atoms with Gasteiger partial charge in [0.25, 0.3) is 0 Å². The quantitative estimate of drug-likeness (QED) is 0.768. The molecule has 0 bridgehead atoms. The first-order valence-corrected chi connectivity index (χ1v) is 7.96. The Morgan fingerprint density at radius 3 is 2.70 bits per heavy atom. The zero-order valence-corrected chi connectivity index (χ0v) is 12.0. The number of benzene rings is 1. The third kappa shape index (κ3) is 5.66. The maximum Gasteiger partial charge on any atom is 0.321 e. The summed E-state index contributed by atoms with van der Waals surface area (Å²) in [6.45, 7) is 1.89. The van der Waals surface area contributed by atoms with Crippen LogP contribution in [0.1, 0.15) is 31.7 Å². The molecule has 0 aliphatic heterocycles. The molecule has 1 atom stereocenters. The van der Waals surface area contributed by atoms with Gasteiger partial charge in [0.2, 0.25) is 10.0 Å². The molecule has 2 N–H and O–H groups in total. The molecule has 0 radical (unpaired) electrons. The van der Waals surface area contributed by atoms with Crippen molar-refractivity contribution in [1.29, 1.82) is 0 Å². The fourth-order valence-corrected chi connectivity index (χ4v) is 3.10. The Morgan fingerprint density at radius 2 is 2.15 bits per heavy atom. The second-order valence-electron chi connectivity index (χ2n) is 4.54. The molecule has 0 heterocycles. The van der Waals surface area contributed by atoms with Gasteiger partial charge in [-0.1, -0.05) is 31.9 Å². The Morgan fingerprint density at radius 1 is 1.45 bits per heavy atom. The van der Waals surface area contributed by atoms with E-state index in [2.05, 4.69) is 4.72 Å². The van der Waals surface area contributed by atoms with Crippen molar-refractivity contribution in [2.24, 2.45) is 0 Å². The summed E-state index contributed by atoms with van der Waals surface area (Å²) in [4.78, 5) is 11.0. The number of hydrogen-bond donors (Lipinski definition) is 2. The van der Waals surface area contributed by atoms with Crippen LogP contribution in [0.25, 0.3) is 0 Å². The van der Waals surface area contributed by atoms with Crippen molar-refractivity contribution < 1.29 is 22.7 Å². The van der Waals surface area contributed by atoms with Gasteiger partial charge in [-0.15, -0.1) is 0 Å². The molecular formula is C13H18FNO4S. The van der Waals surface area contributed by atoms with Crippen LogP contribution in [0.15, 0.2) is 24.3 Å². The first kappa shape index (κ1) is 16.6. The number of carboxylic acids is 1. The Kier molecular flexibility index (Phi) is 6.09. The summed E-state index contributed by atoms with van der Waals surface area (Å²) in [6.07, 6.45) is 1.61. The summed E-state index contributed by atoms with van der Waals surface area (Å²) in [6, 6.07) is 4.07. The van der Waals surface area contributed by atoms with Gasteiger partial charge in [0.1, 0.15) is 11.9 Å². The van der Waals surface area contributed by atoms with E-state index < -0.39 is 33.6 Å². The topological polar surface area (TPSA) is 83.5 Å². The number of sulfonamides is 1. The van der Waals surface area contributed by atoms with Gasteiger partial charge in [0.05, 0.1) is 5.75 Å². The molecule has 0 unspecified atom stereocenters. The van der Waals surface area contributed by atoms with Crippen molar-refractivity contribution >= 4 is 16.0 Å². The summed E-state index contributed by atoms with van der Waals surface area (Å²) in [5.41, 5.74) is 0.275. The zero-order chi connectivity index (χ0) is 15.2. The molecule has 0 spiro atoms. The van der Waals surface area contributed by atoms with Crippen LogP contribution in [0.5, 0.6) is 0 Å². The number of carbonyl (C=O) groups is 1. The van der Waals surface area contributed by atoms with Crippen LogP contribution >= 0.6 is 0 Å². The van der Waals surface area contributed by atoms with Gasteiger partial charge in [0.15, 0.2) is 0 Å². The SMILES string of the molecule is CCCC[C@H](NS(=O)(=O)Cc1cccc(F)c1)C(=O)O. The zero-order valence-electron chi connectivity index (χ0n) is 11.2. The average Bonchev–Trinajstić information content (AvgIpc) is 2.33. The number of halogens is 1. The molecule has 1 rings (SSSR count). The van der Waals surface area contributed by atoms with Crippen molar-refractivity contribution in [1.82, 2.24) is 4.72 Å². The smallest absolute Gasteiger partial charge is 0.321 e. The predicted octanol–water partition coefficient (Wildman–Crippen LogP) is 1.89. The van der Waals surface area contributed by atoms with Crippen LogP contribution in [0.3, 0.4) is 0 Å². The summed E-state index contributed by atoms with van der Waals surface area (Å²) in [5, 5.41) is 8.99.